The Morgan fingerprint density at radius 2 is 2.00 bits per heavy atom. The van der Waals surface area contributed by atoms with Crippen molar-refractivity contribution in [3.63, 3.8) is 0 Å². The molecule has 1 aromatic carbocycles. The summed E-state index contributed by atoms with van der Waals surface area (Å²) in [5.41, 5.74) is 2.57. The minimum atomic E-state index is -0.565. The third-order valence-electron chi connectivity index (χ3n) is 6.68. The van der Waals surface area contributed by atoms with E-state index in [1.165, 1.54) is 11.1 Å². The topological polar surface area (TPSA) is 60.7 Å². The van der Waals surface area contributed by atoms with Gasteiger partial charge in [-0.25, -0.2) is 0 Å². The van der Waals surface area contributed by atoms with Gasteiger partial charge in [0.25, 0.3) is 0 Å². The highest BCUT2D eigenvalue weighted by atomic mass is 16.3. The largest absolute Gasteiger partial charge is 0.508 e. The molecule has 6 atom stereocenters. The molecule has 3 aliphatic rings. The summed E-state index contributed by atoms with van der Waals surface area (Å²) in [5, 5.41) is 30.2. The molecule has 0 amide bonds. The molecule has 0 saturated heterocycles. The minimum absolute atomic E-state index is 0.116. The Morgan fingerprint density at radius 3 is 2.81 bits per heavy atom. The second kappa shape index (κ2) is 4.47. The zero-order chi connectivity index (χ0) is 14.8. The summed E-state index contributed by atoms with van der Waals surface area (Å²) in [7, 11) is 0. The Morgan fingerprint density at radius 1 is 1.19 bits per heavy atom. The predicted octanol–water partition coefficient (Wildman–Crippen LogP) is 2.58. The average molecular weight is 288 g/mol. The van der Waals surface area contributed by atoms with Gasteiger partial charge < -0.3 is 15.3 Å². The fraction of sp³-hybridized carbons (Fsp3) is 0.667. The summed E-state index contributed by atoms with van der Waals surface area (Å²) in [6.07, 6.45) is 3.80. The van der Waals surface area contributed by atoms with Gasteiger partial charge in [0.2, 0.25) is 0 Å². The van der Waals surface area contributed by atoms with Gasteiger partial charge in [-0.2, -0.15) is 0 Å². The van der Waals surface area contributed by atoms with E-state index in [1.807, 2.05) is 6.07 Å². The number of benzene rings is 1. The van der Waals surface area contributed by atoms with Crippen molar-refractivity contribution in [2.75, 3.05) is 0 Å². The standard InChI is InChI=1S/C18H24O3/c1-18-7-6-13-12-5-3-11(19)8-10(12)2-4-14(13)15(18)9-16(20)17(18)21/h3,5,8,13-17,19-21H,2,4,6-7,9H2,1H3/t13-,14-,15?,16+,17-,18-/m0/s1. The van der Waals surface area contributed by atoms with Crippen molar-refractivity contribution in [1.29, 1.82) is 0 Å². The molecule has 4 rings (SSSR count). The predicted molar refractivity (Wildman–Crippen MR) is 80.1 cm³/mol. The van der Waals surface area contributed by atoms with Crippen LogP contribution in [0.25, 0.3) is 0 Å². The number of aliphatic hydroxyl groups is 2. The van der Waals surface area contributed by atoms with Crippen LogP contribution in [0, 0.1) is 17.3 Å². The average Bonchev–Trinajstić information content (AvgIpc) is 2.70. The van der Waals surface area contributed by atoms with Gasteiger partial charge in [-0.3, -0.25) is 0 Å². The quantitative estimate of drug-likeness (QED) is 0.687. The highest BCUT2D eigenvalue weighted by molar-refractivity contribution is 5.40. The number of aryl methyl sites for hydroxylation is 1. The minimum Gasteiger partial charge on any atom is -0.508 e. The van der Waals surface area contributed by atoms with Gasteiger partial charge in [0.05, 0.1) is 12.2 Å². The van der Waals surface area contributed by atoms with Gasteiger partial charge >= 0.3 is 0 Å². The first kappa shape index (κ1) is 13.6. The van der Waals surface area contributed by atoms with Crippen LogP contribution in [-0.4, -0.2) is 27.5 Å². The molecule has 0 bridgehead atoms. The first-order chi connectivity index (χ1) is 10.0. The normalized spacial score (nSPS) is 44.8. The van der Waals surface area contributed by atoms with Crippen molar-refractivity contribution >= 4 is 0 Å². The van der Waals surface area contributed by atoms with E-state index in [-0.39, 0.29) is 5.41 Å². The third kappa shape index (κ3) is 1.80. The second-order valence-corrected chi connectivity index (χ2v) is 7.59. The maximum Gasteiger partial charge on any atom is 0.115 e. The molecule has 3 aliphatic carbocycles. The Hall–Kier alpha value is -1.06. The van der Waals surface area contributed by atoms with Gasteiger partial charge in [0.15, 0.2) is 0 Å². The van der Waals surface area contributed by atoms with Crippen LogP contribution in [-0.2, 0) is 6.42 Å². The molecule has 3 N–H and O–H groups in total. The number of hydrogen-bond acceptors (Lipinski definition) is 3. The molecule has 0 aliphatic heterocycles. The SMILES string of the molecule is C[C@]12CC[C@H]3c4ccc(O)cc4CC[C@@H]3C1C[C@@H](O)[C@@H]2O. The lowest BCUT2D eigenvalue weighted by atomic mass is 9.55. The van der Waals surface area contributed by atoms with Crippen LogP contribution in [0.15, 0.2) is 18.2 Å². The Balaban J connectivity index is 1.71. The number of fused-ring (bicyclic) bond motifs is 5. The smallest absolute Gasteiger partial charge is 0.115 e. The van der Waals surface area contributed by atoms with Crippen LogP contribution in [0.5, 0.6) is 5.75 Å². The third-order valence-corrected chi connectivity index (χ3v) is 6.68. The Bertz CT molecular complexity index is 570. The van der Waals surface area contributed by atoms with Crippen LogP contribution >= 0.6 is 0 Å². The van der Waals surface area contributed by atoms with Gasteiger partial charge in [-0.15, -0.1) is 0 Å². The number of phenolic OH excluding ortho intramolecular Hbond substituents is 1. The molecule has 3 nitrogen and oxygen atoms in total. The molecular formula is C18H24O3. The maximum atomic E-state index is 10.4. The molecule has 0 heterocycles. The van der Waals surface area contributed by atoms with Gasteiger partial charge in [0.1, 0.15) is 5.75 Å². The lowest BCUT2D eigenvalue weighted by molar-refractivity contribution is -0.0505. The first-order valence-corrected chi connectivity index (χ1v) is 8.18. The number of aromatic hydroxyl groups is 1. The monoisotopic (exact) mass is 288 g/mol. The summed E-state index contributed by atoms with van der Waals surface area (Å²) in [6.45, 7) is 2.17. The van der Waals surface area contributed by atoms with E-state index in [0.29, 0.717) is 23.5 Å². The van der Waals surface area contributed by atoms with Crippen LogP contribution < -0.4 is 0 Å². The molecule has 1 unspecified atom stereocenters. The fourth-order valence-electron chi connectivity index (χ4n) is 5.56. The Kier molecular flexibility index (Phi) is 2.89. The number of aliphatic hydroxyl groups excluding tert-OH is 2. The van der Waals surface area contributed by atoms with Crippen molar-refractivity contribution in [3.8, 4) is 5.75 Å². The van der Waals surface area contributed by atoms with Crippen LogP contribution in [0.2, 0.25) is 0 Å². The van der Waals surface area contributed by atoms with E-state index in [4.69, 9.17) is 0 Å². The van der Waals surface area contributed by atoms with E-state index in [9.17, 15) is 15.3 Å². The van der Waals surface area contributed by atoms with E-state index in [0.717, 1.165) is 32.1 Å². The maximum absolute atomic E-state index is 10.4. The van der Waals surface area contributed by atoms with E-state index < -0.39 is 12.2 Å². The van der Waals surface area contributed by atoms with Crippen LogP contribution in [0.4, 0.5) is 0 Å². The molecule has 3 heteroatoms. The number of phenols is 1. The van der Waals surface area contributed by atoms with Gasteiger partial charge in [0, 0.05) is 0 Å². The lowest BCUT2D eigenvalue weighted by Gasteiger charge is -2.49. The van der Waals surface area contributed by atoms with Crippen molar-refractivity contribution in [1.82, 2.24) is 0 Å². The second-order valence-electron chi connectivity index (χ2n) is 7.59. The molecular weight excluding hydrogens is 264 g/mol. The van der Waals surface area contributed by atoms with Crippen molar-refractivity contribution < 1.29 is 15.3 Å². The molecule has 0 radical (unpaired) electrons. The summed E-state index contributed by atoms with van der Waals surface area (Å²) >= 11 is 0. The van der Waals surface area contributed by atoms with Crippen molar-refractivity contribution in [2.45, 2.75) is 57.2 Å². The van der Waals surface area contributed by atoms with Crippen molar-refractivity contribution in [2.24, 2.45) is 17.3 Å². The molecule has 0 spiro atoms. The lowest BCUT2D eigenvalue weighted by Crippen LogP contribution is -2.44. The van der Waals surface area contributed by atoms with Gasteiger partial charge in [-0.05, 0) is 78.5 Å². The summed E-state index contributed by atoms with van der Waals surface area (Å²) in [4.78, 5) is 0. The molecule has 21 heavy (non-hydrogen) atoms. The molecule has 114 valence electrons. The number of rotatable bonds is 0. The zero-order valence-corrected chi connectivity index (χ0v) is 12.5. The van der Waals surface area contributed by atoms with E-state index >= 15 is 0 Å². The molecule has 2 saturated carbocycles. The van der Waals surface area contributed by atoms with Crippen LogP contribution in [0.3, 0.4) is 0 Å². The van der Waals surface area contributed by atoms with E-state index in [1.54, 1.807) is 6.07 Å². The zero-order valence-electron chi connectivity index (χ0n) is 12.5. The van der Waals surface area contributed by atoms with Gasteiger partial charge in [-0.1, -0.05) is 13.0 Å². The highest BCUT2D eigenvalue weighted by Gasteiger charge is 2.57. The molecule has 1 aromatic rings. The Labute approximate surface area is 125 Å². The number of hydrogen-bond donors (Lipinski definition) is 3. The van der Waals surface area contributed by atoms with Crippen molar-refractivity contribution in [3.05, 3.63) is 29.3 Å². The highest BCUT2D eigenvalue weighted by Crippen LogP contribution is 2.60. The summed E-state index contributed by atoms with van der Waals surface area (Å²) in [6, 6.07) is 5.80. The van der Waals surface area contributed by atoms with E-state index in [2.05, 4.69) is 13.0 Å². The first-order valence-electron chi connectivity index (χ1n) is 8.18. The summed E-state index contributed by atoms with van der Waals surface area (Å²) < 4.78 is 0. The summed E-state index contributed by atoms with van der Waals surface area (Å²) in [5.74, 6) is 1.88. The van der Waals surface area contributed by atoms with Crippen LogP contribution in [0.1, 0.15) is 49.7 Å². The molecule has 0 aromatic heterocycles. The molecule has 2 fully saturated rings. The fourth-order valence-corrected chi connectivity index (χ4v) is 5.56.